The molecule has 0 aliphatic carbocycles. The summed E-state index contributed by atoms with van der Waals surface area (Å²) in [6, 6.07) is 12.7. The van der Waals surface area contributed by atoms with Crippen molar-refractivity contribution >= 4 is 16.9 Å². The smallest absolute Gasteiger partial charge is 0.275 e. The molecular weight excluding hydrogens is 342 g/mol. The maximum absolute atomic E-state index is 12.5. The lowest BCUT2D eigenvalue weighted by Gasteiger charge is -2.11. The second-order valence-corrected chi connectivity index (χ2v) is 6.11. The zero-order valence-electron chi connectivity index (χ0n) is 14.9. The fourth-order valence-corrected chi connectivity index (χ4v) is 2.93. The highest BCUT2D eigenvalue weighted by atomic mass is 16.5. The monoisotopic (exact) mass is 359 g/mol. The number of ether oxygens (including phenoxy) is 1. The number of nitrogens with two attached hydrogens (primary N) is 1. The van der Waals surface area contributed by atoms with Crippen molar-refractivity contribution in [3.05, 3.63) is 70.8 Å². The van der Waals surface area contributed by atoms with E-state index < -0.39 is 0 Å². The van der Waals surface area contributed by atoms with Gasteiger partial charge < -0.3 is 10.5 Å². The molecule has 27 heavy (non-hydrogen) atoms. The normalized spacial score (nSPS) is 10.9. The molecule has 0 atom stereocenters. The van der Waals surface area contributed by atoms with Gasteiger partial charge >= 0.3 is 0 Å². The maximum atomic E-state index is 12.5. The first-order chi connectivity index (χ1) is 13.1. The fourth-order valence-electron chi connectivity index (χ4n) is 2.93. The Hall–Kier alpha value is -3.74. The summed E-state index contributed by atoms with van der Waals surface area (Å²) in [7, 11) is 1.62. The van der Waals surface area contributed by atoms with Crippen LogP contribution in [0.3, 0.4) is 0 Å². The summed E-state index contributed by atoms with van der Waals surface area (Å²) in [4.78, 5) is 25.7. The SMILES string of the molecule is COc1ccc(-c2ncc3ncc(=O)n(-c4ccc(N)cc4)c3n2)c(C)c1. The Balaban J connectivity index is 1.95. The lowest BCUT2D eigenvalue weighted by molar-refractivity contribution is 0.414. The van der Waals surface area contributed by atoms with Crippen molar-refractivity contribution < 1.29 is 4.74 Å². The van der Waals surface area contributed by atoms with Gasteiger partial charge in [-0.1, -0.05) is 0 Å². The third-order valence-electron chi connectivity index (χ3n) is 4.32. The van der Waals surface area contributed by atoms with Gasteiger partial charge in [-0.05, 0) is 55.0 Å². The molecule has 2 heterocycles. The van der Waals surface area contributed by atoms with Crippen LogP contribution in [0.25, 0.3) is 28.2 Å². The van der Waals surface area contributed by atoms with Crippen LogP contribution >= 0.6 is 0 Å². The molecule has 0 radical (unpaired) electrons. The number of hydrogen-bond acceptors (Lipinski definition) is 6. The topological polar surface area (TPSA) is 95.9 Å². The van der Waals surface area contributed by atoms with Gasteiger partial charge in [-0.2, -0.15) is 0 Å². The molecule has 0 fully saturated rings. The molecule has 4 rings (SSSR count). The van der Waals surface area contributed by atoms with E-state index in [-0.39, 0.29) is 5.56 Å². The highest BCUT2D eigenvalue weighted by molar-refractivity contribution is 5.75. The summed E-state index contributed by atoms with van der Waals surface area (Å²) in [5.41, 5.74) is 9.57. The second-order valence-electron chi connectivity index (χ2n) is 6.11. The Morgan fingerprint density at radius 2 is 1.81 bits per heavy atom. The van der Waals surface area contributed by atoms with Crippen molar-refractivity contribution in [2.45, 2.75) is 6.92 Å². The van der Waals surface area contributed by atoms with Crippen molar-refractivity contribution in [1.82, 2.24) is 19.5 Å². The van der Waals surface area contributed by atoms with Gasteiger partial charge in [0.15, 0.2) is 11.5 Å². The number of aryl methyl sites for hydroxylation is 1. The molecule has 0 aliphatic heterocycles. The van der Waals surface area contributed by atoms with E-state index in [4.69, 9.17) is 10.5 Å². The zero-order chi connectivity index (χ0) is 19.0. The highest BCUT2D eigenvalue weighted by Gasteiger charge is 2.12. The molecule has 7 nitrogen and oxygen atoms in total. The summed E-state index contributed by atoms with van der Waals surface area (Å²) in [5, 5.41) is 0. The largest absolute Gasteiger partial charge is 0.497 e. The van der Waals surface area contributed by atoms with Gasteiger partial charge in [0.25, 0.3) is 5.56 Å². The van der Waals surface area contributed by atoms with E-state index in [0.717, 1.165) is 16.9 Å². The van der Waals surface area contributed by atoms with Crippen LogP contribution in [0, 0.1) is 6.92 Å². The molecule has 7 heteroatoms. The number of nitrogen functional groups attached to an aromatic ring is 1. The molecular formula is C20H17N5O2. The Kier molecular flexibility index (Phi) is 4.04. The Morgan fingerprint density at radius 1 is 1.04 bits per heavy atom. The molecule has 0 unspecified atom stereocenters. The number of aromatic nitrogens is 4. The van der Waals surface area contributed by atoms with E-state index in [0.29, 0.717) is 28.4 Å². The molecule has 0 saturated carbocycles. The number of methoxy groups -OCH3 is 1. The minimum absolute atomic E-state index is 0.275. The van der Waals surface area contributed by atoms with Crippen molar-refractivity contribution in [2.75, 3.05) is 12.8 Å². The third-order valence-corrected chi connectivity index (χ3v) is 4.32. The Labute approximate surface area is 155 Å². The van der Waals surface area contributed by atoms with Gasteiger partial charge in [0, 0.05) is 11.3 Å². The number of fused-ring (bicyclic) bond motifs is 1. The maximum Gasteiger partial charge on any atom is 0.275 e. The quantitative estimate of drug-likeness (QED) is 0.565. The molecule has 0 saturated heterocycles. The van der Waals surface area contributed by atoms with Gasteiger partial charge in [-0.25, -0.2) is 15.0 Å². The second kappa shape index (κ2) is 6.53. The van der Waals surface area contributed by atoms with E-state index >= 15 is 0 Å². The Morgan fingerprint density at radius 3 is 2.52 bits per heavy atom. The predicted molar refractivity (Wildman–Crippen MR) is 104 cm³/mol. The van der Waals surface area contributed by atoms with E-state index in [2.05, 4.69) is 15.0 Å². The van der Waals surface area contributed by atoms with Gasteiger partial charge in [0.05, 0.1) is 25.2 Å². The Bertz CT molecular complexity index is 1200. The van der Waals surface area contributed by atoms with Crippen LogP contribution in [0.15, 0.2) is 59.7 Å². The number of hydrogen-bond donors (Lipinski definition) is 1. The van der Waals surface area contributed by atoms with Crippen LogP contribution in [0.1, 0.15) is 5.56 Å². The van der Waals surface area contributed by atoms with Crippen LogP contribution in [0.4, 0.5) is 5.69 Å². The zero-order valence-corrected chi connectivity index (χ0v) is 14.9. The predicted octanol–water partition coefficient (Wildman–Crippen LogP) is 2.74. The molecule has 2 aromatic heterocycles. The van der Waals surface area contributed by atoms with Crippen LogP contribution < -0.4 is 16.0 Å². The van der Waals surface area contributed by atoms with Crippen LogP contribution in [0.5, 0.6) is 5.75 Å². The van der Waals surface area contributed by atoms with E-state index in [1.54, 1.807) is 37.6 Å². The number of benzene rings is 2. The average molecular weight is 359 g/mol. The molecule has 0 spiro atoms. The van der Waals surface area contributed by atoms with Crippen LogP contribution in [-0.2, 0) is 0 Å². The summed E-state index contributed by atoms with van der Waals surface area (Å²) in [6.45, 7) is 1.96. The van der Waals surface area contributed by atoms with Crippen LogP contribution in [0.2, 0.25) is 0 Å². The van der Waals surface area contributed by atoms with Crippen molar-refractivity contribution in [3.8, 4) is 22.8 Å². The van der Waals surface area contributed by atoms with Crippen LogP contribution in [-0.4, -0.2) is 26.6 Å². The lowest BCUT2D eigenvalue weighted by Crippen LogP contribution is -2.20. The minimum Gasteiger partial charge on any atom is -0.497 e. The molecule has 0 bridgehead atoms. The molecule has 0 aliphatic rings. The average Bonchev–Trinajstić information content (AvgIpc) is 2.68. The van der Waals surface area contributed by atoms with Gasteiger partial charge in [-0.15, -0.1) is 0 Å². The van der Waals surface area contributed by atoms with E-state index in [9.17, 15) is 4.79 Å². The van der Waals surface area contributed by atoms with Gasteiger partial charge in [0.1, 0.15) is 11.3 Å². The summed E-state index contributed by atoms with van der Waals surface area (Å²) >= 11 is 0. The summed E-state index contributed by atoms with van der Waals surface area (Å²) in [5.74, 6) is 1.27. The first kappa shape index (κ1) is 16.7. The number of rotatable bonds is 3. The van der Waals surface area contributed by atoms with Gasteiger partial charge in [0.2, 0.25) is 0 Å². The molecule has 4 aromatic rings. The number of anilines is 1. The van der Waals surface area contributed by atoms with E-state index in [1.165, 1.54) is 10.8 Å². The van der Waals surface area contributed by atoms with Crippen molar-refractivity contribution in [1.29, 1.82) is 0 Å². The first-order valence-electron chi connectivity index (χ1n) is 8.32. The van der Waals surface area contributed by atoms with Crippen molar-refractivity contribution in [3.63, 3.8) is 0 Å². The first-order valence-corrected chi connectivity index (χ1v) is 8.32. The van der Waals surface area contributed by atoms with Crippen molar-refractivity contribution in [2.24, 2.45) is 0 Å². The van der Waals surface area contributed by atoms with E-state index in [1.807, 2.05) is 25.1 Å². The summed E-state index contributed by atoms with van der Waals surface area (Å²) < 4.78 is 6.76. The highest BCUT2D eigenvalue weighted by Crippen LogP contribution is 2.25. The molecule has 2 N–H and O–H groups in total. The molecule has 2 aromatic carbocycles. The number of nitrogens with zero attached hydrogens (tertiary/aromatic N) is 4. The van der Waals surface area contributed by atoms with Gasteiger partial charge in [-0.3, -0.25) is 9.36 Å². The lowest BCUT2D eigenvalue weighted by atomic mass is 10.1. The molecule has 134 valence electrons. The standard InChI is InChI=1S/C20H17N5O2/c1-12-9-15(27-2)7-8-16(12)19-23-10-17-20(24-19)25(18(26)11-22-17)14-5-3-13(21)4-6-14/h3-11H,21H2,1-2H3. The minimum atomic E-state index is -0.275. The molecule has 0 amide bonds. The summed E-state index contributed by atoms with van der Waals surface area (Å²) in [6.07, 6.45) is 2.88. The fraction of sp³-hybridized carbons (Fsp3) is 0.100. The third kappa shape index (κ3) is 2.99.